The number of hydrogen-bond acceptors (Lipinski definition) is 3. The van der Waals surface area contributed by atoms with Gasteiger partial charge in [0, 0.05) is 11.8 Å². The Kier molecular flexibility index (Phi) is 3.73. The van der Waals surface area contributed by atoms with Crippen molar-refractivity contribution in [2.75, 3.05) is 0 Å². The van der Waals surface area contributed by atoms with E-state index in [1.807, 2.05) is 44.2 Å². The van der Waals surface area contributed by atoms with Gasteiger partial charge in [-0.1, -0.05) is 51.1 Å². The fourth-order valence-corrected chi connectivity index (χ4v) is 5.82. The summed E-state index contributed by atoms with van der Waals surface area (Å²) in [4.78, 5) is 13.3. The molecule has 1 heterocycles. The second kappa shape index (κ2) is 5.40. The normalized spacial score (nSPS) is 40.7. The highest BCUT2D eigenvalue weighted by Gasteiger charge is 2.69. The average Bonchev–Trinajstić information content (AvgIpc) is 2.54. The van der Waals surface area contributed by atoms with Gasteiger partial charge in [0.15, 0.2) is 11.6 Å². The van der Waals surface area contributed by atoms with Gasteiger partial charge in [-0.3, -0.25) is 4.79 Å². The minimum absolute atomic E-state index is 0.109. The fraction of sp³-hybridized carbons (Fsp3) is 0.682. The van der Waals surface area contributed by atoms with Crippen LogP contribution in [-0.4, -0.2) is 23.8 Å². The number of Topliss-reactive ketones (excluding diaryl/α,β-unsaturated/α-hetero) is 1. The van der Waals surface area contributed by atoms with Crippen molar-refractivity contribution in [3.05, 3.63) is 35.9 Å². The minimum Gasteiger partial charge on any atom is -0.347 e. The quantitative estimate of drug-likeness (QED) is 0.817. The van der Waals surface area contributed by atoms with Gasteiger partial charge in [0.05, 0.1) is 6.10 Å². The third kappa shape index (κ3) is 2.50. The van der Waals surface area contributed by atoms with Gasteiger partial charge < -0.3 is 9.47 Å². The number of carbonyl (C=O) groups is 1. The van der Waals surface area contributed by atoms with Gasteiger partial charge in [0.25, 0.3) is 0 Å². The molecule has 3 saturated carbocycles. The molecule has 5 atom stereocenters. The third-order valence-electron chi connectivity index (χ3n) is 7.32. The van der Waals surface area contributed by atoms with Crippen molar-refractivity contribution >= 4 is 5.78 Å². The molecule has 0 spiro atoms. The van der Waals surface area contributed by atoms with Crippen LogP contribution in [0.5, 0.6) is 0 Å². The summed E-state index contributed by atoms with van der Waals surface area (Å²) in [6, 6.07) is 10.0. The lowest BCUT2D eigenvalue weighted by molar-refractivity contribution is -0.384. The molecule has 136 valence electrons. The molecular weight excluding hydrogens is 312 g/mol. The van der Waals surface area contributed by atoms with E-state index >= 15 is 0 Å². The molecule has 1 aromatic rings. The number of ether oxygens (including phenoxy) is 2. The van der Waals surface area contributed by atoms with Crippen LogP contribution in [0.1, 0.15) is 53.0 Å². The Morgan fingerprint density at radius 3 is 2.36 bits per heavy atom. The number of benzene rings is 1. The summed E-state index contributed by atoms with van der Waals surface area (Å²) >= 11 is 0. The van der Waals surface area contributed by atoms with Crippen molar-refractivity contribution in [1.82, 2.24) is 0 Å². The van der Waals surface area contributed by atoms with Crippen LogP contribution < -0.4 is 0 Å². The summed E-state index contributed by atoms with van der Waals surface area (Å²) in [5, 5.41) is 0. The molecule has 0 radical (unpaired) electrons. The topological polar surface area (TPSA) is 35.5 Å². The Morgan fingerprint density at radius 2 is 1.72 bits per heavy atom. The van der Waals surface area contributed by atoms with Crippen molar-refractivity contribution in [2.45, 2.75) is 71.9 Å². The van der Waals surface area contributed by atoms with Crippen molar-refractivity contribution in [3.8, 4) is 0 Å². The van der Waals surface area contributed by atoms with Crippen LogP contribution in [0.4, 0.5) is 0 Å². The van der Waals surface area contributed by atoms with Crippen molar-refractivity contribution in [1.29, 1.82) is 0 Å². The van der Waals surface area contributed by atoms with E-state index in [9.17, 15) is 4.79 Å². The van der Waals surface area contributed by atoms with Gasteiger partial charge in [-0.2, -0.15) is 0 Å². The summed E-state index contributed by atoms with van der Waals surface area (Å²) < 4.78 is 12.6. The predicted molar refractivity (Wildman–Crippen MR) is 97.1 cm³/mol. The Morgan fingerprint density at radius 1 is 1.04 bits per heavy atom. The van der Waals surface area contributed by atoms with E-state index in [2.05, 4.69) is 20.8 Å². The van der Waals surface area contributed by atoms with Gasteiger partial charge in [-0.25, -0.2) is 0 Å². The van der Waals surface area contributed by atoms with Gasteiger partial charge in [0.1, 0.15) is 6.10 Å². The Balaban J connectivity index is 1.67. The molecule has 1 saturated heterocycles. The zero-order valence-corrected chi connectivity index (χ0v) is 16.0. The van der Waals surface area contributed by atoms with E-state index < -0.39 is 11.9 Å². The number of ketones is 1. The van der Waals surface area contributed by atoms with Crippen LogP contribution in [0.3, 0.4) is 0 Å². The minimum atomic E-state index is -0.699. The highest BCUT2D eigenvalue weighted by molar-refractivity contribution is 5.86. The van der Waals surface area contributed by atoms with Crippen LogP contribution in [0, 0.1) is 22.7 Å². The molecule has 4 fully saturated rings. The van der Waals surface area contributed by atoms with Crippen LogP contribution in [0.25, 0.3) is 0 Å². The standard InChI is InChI=1S/C22H30O3/c1-20(2)15-12-17(20)22(5)18(13-15)24-21(3,4)25-19(22)16(23)11-14-9-7-6-8-10-14/h6-10,15,17-19H,11-13H2,1-5H3/t15-,17-,18+,19+,22-/m0/s1. The molecule has 2 bridgehead atoms. The molecule has 0 unspecified atom stereocenters. The number of hydrogen-bond donors (Lipinski definition) is 0. The fourth-order valence-electron chi connectivity index (χ4n) is 5.82. The third-order valence-corrected chi connectivity index (χ3v) is 7.32. The molecule has 1 aliphatic heterocycles. The van der Waals surface area contributed by atoms with E-state index in [-0.39, 0.29) is 22.7 Å². The summed E-state index contributed by atoms with van der Waals surface area (Å²) in [7, 11) is 0. The first-order valence-electron chi connectivity index (χ1n) is 9.57. The summed E-state index contributed by atoms with van der Waals surface area (Å²) in [5.74, 6) is 0.671. The summed E-state index contributed by atoms with van der Waals surface area (Å²) in [6.07, 6.45) is 2.38. The number of rotatable bonds is 3. The van der Waals surface area contributed by atoms with Gasteiger partial charge in [0.2, 0.25) is 0 Å². The molecule has 1 aromatic carbocycles. The van der Waals surface area contributed by atoms with Gasteiger partial charge in [-0.15, -0.1) is 0 Å². The Labute approximate surface area is 151 Å². The molecule has 0 amide bonds. The molecule has 4 aliphatic rings. The first kappa shape index (κ1) is 17.2. The maximum absolute atomic E-state index is 13.3. The Hall–Kier alpha value is -1.19. The molecule has 3 nitrogen and oxygen atoms in total. The molecule has 0 N–H and O–H groups in total. The zero-order chi connectivity index (χ0) is 18.0. The van der Waals surface area contributed by atoms with E-state index in [0.29, 0.717) is 18.3 Å². The Bertz CT molecular complexity index is 678. The smallest absolute Gasteiger partial charge is 0.166 e. The van der Waals surface area contributed by atoms with Crippen molar-refractivity contribution in [3.63, 3.8) is 0 Å². The van der Waals surface area contributed by atoms with Gasteiger partial charge >= 0.3 is 0 Å². The van der Waals surface area contributed by atoms with Crippen LogP contribution in [0.15, 0.2) is 30.3 Å². The lowest BCUT2D eigenvalue weighted by Gasteiger charge is -2.70. The summed E-state index contributed by atoms with van der Waals surface area (Å²) in [6.45, 7) is 10.8. The maximum Gasteiger partial charge on any atom is 0.166 e. The number of carbonyl (C=O) groups excluding carboxylic acids is 1. The highest BCUT2D eigenvalue weighted by Crippen LogP contribution is 2.69. The molecule has 0 aromatic heterocycles. The lowest BCUT2D eigenvalue weighted by atomic mass is 9.38. The first-order valence-corrected chi connectivity index (χ1v) is 9.57. The molecule has 3 heteroatoms. The molecule has 3 aliphatic carbocycles. The van der Waals surface area contributed by atoms with E-state index in [4.69, 9.17) is 9.47 Å². The molecule has 5 rings (SSSR count). The van der Waals surface area contributed by atoms with Crippen LogP contribution >= 0.6 is 0 Å². The zero-order valence-electron chi connectivity index (χ0n) is 16.0. The maximum atomic E-state index is 13.3. The monoisotopic (exact) mass is 342 g/mol. The highest BCUT2D eigenvalue weighted by atomic mass is 16.7. The van der Waals surface area contributed by atoms with Crippen molar-refractivity contribution in [2.24, 2.45) is 22.7 Å². The van der Waals surface area contributed by atoms with Gasteiger partial charge in [-0.05, 0) is 49.5 Å². The van der Waals surface area contributed by atoms with E-state index in [0.717, 1.165) is 12.0 Å². The van der Waals surface area contributed by atoms with E-state index in [1.54, 1.807) is 0 Å². The van der Waals surface area contributed by atoms with E-state index in [1.165, 1.54) is 6.42 Å². The molecular formula is C22H30O3. The molecule has 25 heavy (non-hydrogen) atoms. The second-order valence-electron chi connectivity index (χ2n) is 9.54. The van der Waals surface area contributed by atoms with Crippen LogP contribution in [0.2, 0.25) is 0 Å². The predicted octanol–water partition coefficient (Wildman–Crippen LogP) is 4.39. The van der Waals surface area contributed by atoms with Crippen LogP contribution in [-0.2, 0) is 20.7 Å². The largest absolute Gasteiger partial charge is 0.347 e. The lowest BCUT2D eigenvalue weighted by Crippen LogP contribution is -2.72. The second-order valence-corrected chi connectivity index (χ2v) is 9.54. The first-order chi connectivity index (χ1) is 11.6. The van der Waals surface area contributed by atoms with Crippen molar-refractivity contribution < 1.29 is 14.3 Å². The SMILES string of the molecule is CC1(C)O[C@H](C(=O)Cc2ccccc2)[C@]2(C)[C@@H](C[C@@H]3C[C@H]2C3(C)C)O1. The summed E-state index contributed by atoms with van der Waals surface area (Å²) in [5.41, 5.74) is 1.09. The average molecular weight is 342 g/mol.